The normalized spacial score (nSPS) is 45.3. The van der Waals surface area contributed by atoms with Gasteiger partial charge in [0.25, 0.3) is 0 Å². The molecule has 0 bridgehead atoms. The molecule has 0 radical (unpaired) electrons. The standard InChI is InChI=1S/C16H14N4O2/c17-19-5-11(21)13-7-1-2-8-14(12(22)6-20-18)10-4-3-9(13)16(10)15(7)8/h1-10,13-16H. The van der Waals surface area contributed by atoms with Gasteiger partial charge >= 0.3 is 12.4 Å². The lowest BCUT2D eigenvalue weighted by molar-refractivity contribution is -0.121. The van der Waals surface area contributed by atoms with Crippen molar-refractivity contribution in [2.75, 3.05) is 0 Å². The van der Waals surface area contributed by atoms with Crippen molar-refractivity contribution in [2.45, 2.75) is 0 Å². The number of allylic oxidation sites excluding steroid dienone is 4. The Morgan fingerprint density at radius 1 is 0.727 bits per heavy atom. The molecule has 0 amide bonds. The first kappa shape index (κ1) is 13.3. The minimum atomic E-state index is -0.198. The summed E-state index contributed by atoms with van der Waals surface area (Å²) in [7, 11) is 0. The summed E-state index contributed by atoms with van der Waals surface area (Å²) in [5.41, 5.74) is 17.3. The molecule has 6 heteroatoms. The molecule has 0 aromatic carbocycles. The van der Waals surface area contributed by atoms with Gasteiger partial charge in [-0.1, -0.05) is 24.3 Å². The van der Waals surface area contributed by atoms with Crippen LogP contribution in [0.1, 0.15) is 0 Å². The molecule has 110 valence electrons. The van der Waals surface area contributed by atoms with E-state index in [0.29, 0.717) is 0 Å². The van der Waals surface area contributed by atoms with Gasteiger partial charge in [-0.15, -0.1) is 0 Å². The van der Waals surface area contributed by atoms with E-state index >= 15 is 0 Å². The predicted molar refractivity (Wildman–Crippen MR) is 75.6 cm³/mol. The molecule has 2 saturated carbocycles. The topological polar surface area (TPSA) is 107 Å². The van der Waals surface area contributed by atoms with E-state index in [4.69, 9.17) is 11.1 Å². The van der Waals surface area contributed by atoms with Crippen molar-refractivity contribution >= 4 is 24.0 Å². The van der Waals surface area contributed by atoms with Crippen molar-refractivity contribution < 1.29 is 19.2 Å². The van der Waals surface area contributed by atoms with Gasteiger partial charge < -0.3 is 11.1 Å². The van der Waals surface area contributed by atoms with Crippen LogP contribution in [0.2, 0.25) is 0 Å². The SMILES string of the molecule is [N-]=[N+]=CC(=O)C1C2C=CC3C(C(=O)C=[N+]=[N-])C4C=CC1C4C23. The Morgan fingerprint density at radius 3 is 1.32 bits per heavy atom. The second kappa shape index (κ2) is 4.54. The Hall–Kier alpha value is -2.42. The summed E-state index contributed by atoms with van der Waals surface area (Å²) in [6.45, 7) is 0. The smallest absolute Gasteiger partial charge is 0.323 e. The molecule has 6 nitrogen and oxygen atoms in total. The molecule has 0 aliphatic heterocycles. The second-order valence-corrected chi connectivity index (χ2v) is 6.58. The van der Waals surface area contributed by atoms with E-state index in [-0.39, 0.29) is 58.9 Å². The lowest BCUT2D eigenvalue weighted by atomic mass is 9.80. The predicted octanol–water partition coefficient (Wildman–Crippen LogP) is 0.822. The number of ketones is 2. The molecule has 4 rings (SSSR count). The van der Waals surface area contributed by atoms with Crippen molar-refractivity contribution in [3.8, 4) is 0 Å². The van der Waals surface area contributed by atoms with E-state index in [1.807, 2.05) is 24.3 Å². The molecule has 0 aromatic rings. The van der Waals surface area contributed by atoms with Crippen LogP contribution in [0.25, 0.3) is 11.1 Å². The Labute approximate surface area is 126 Å². The monoisotopic (exact) mass is 294 g/mol. The Morgan fingerprint density at radius 2 is 1.05 bits per heavy atom. The minimum absolute atomic E-state index is 0.0989. The molecule has 4 aliphatic rings. The Bertz CT molecular complexity index is 636. The zero-order chi connectivity index (χ0) is 15.4. The third kappa shape index (κ3) is 1.46. The quantitative estimate of drug-likeness (QED) is 0.331. The Balaban J connectivity index is 1.74. The number of carbonyl (C=O) groups is 2. The van der Waals surface area contributed by atoms with Crippen molar-refractivity contribution in [3.63, 3.8) is 0 Å². The maximum Gasteiger partial charge on any atom is 0.323 e. The molecule has 4 atom stereocenters. The summed E-state index contributed by atoms with van der Waals surface area (Å²) in [4.78, 5) is 30.3. The second-order valence-electron chi connectivity index (χ2n) is 6.58. The lowest BCUT2D eigenvalue weighted by Crippen LogP contribution is -2.29. The molecule has 4 unspecified atom stereocenters. The molecular formula is C16H14N4O2. The van der Waals surface area contributed by atoms with Crippen LogP contribution in [-0.2, 0) is 9.59 Å². The average Bonchev–Trinajstić information content (AvgIpc) is 3.17. The summed E-state index contributed by atoms with van der Waals surface area (Å²) in [6.07, 6.45) is 10.2. The van der Waals surface area contributed by atoms with Crippen LogP contribution in [-0.4, -0.2) is 33.6 Å². The highest BCUT2D eigenvalue weighted by Gasteiger charge is 2.66. The van der Waals surface area contributed by atoms with Crippen molar-refractivity contribution in [2.24, 2.45) is 47.3 Å². The third-order valence-electron chi connectivity index (χ3n) is 6.02. The Kier molecular flexibility index (Phi) is 2.73. The van der Waals surface area contributed by atoms with Gasteiger partial charge in [-0.3, -0.25) is 9.59 Å². The number of hydrogen-bond acceptors (Lipinski definition) is 2. The highest BCUT2D eigenvalue weighted by molar-refractivity contribution is 6.27. The molecule has 0 N–H and O–H groups in total. The fourth-order valence-electron chi connectivity index (χ4n) is 5.56. The summed E-state index contributed by atoms with van der Waals surface area (Å²) in [6, 6.07) is 0. The zero-order valence-corrected chi connectivity index (χ0v) is 11.7. The van der Waals surface area contributed by atoms with E-state index in [9.17, 15) is 9.59 Å². The van der Waals surface area contributed by atoms with Crippen LogP contribution in [0.3, 0.4) is 0 Å². The molecule has 0 heterocycles. The summed E-state index contributed by atoms with van der Waals surface area (Å²) in [5, 5.41) is 0. The van der Waals surface area contributed by atoms with E-state index in [1.54, 1.807) is 0 Å². The number of rotatable bonds is 4. The first-order chi connectivity index (χ1) is 10.7. The largest absolute Gasteiger partial charge is 0.361 e. The van der Waals surface area contributed by atoms with Crippen LogP contribution in [0.15, 0.2) is 24.3 Å². The first-order valence-electron chi connectivity index (χ1n) is 7.48. The van der Waals surface area contributed by atoms with E-state index in [2.05, 4.69) is 9.58 Å². The molecule has 0 saturated heterocycles. The molecule has 0 spiro atoms. The van der Waals surface area contributed by atoms with Crippen molar-refractivity contribution in [3.05, 3.63) is 35.4 Å². The molecule has 2 fully saturated rings. The van der Waals surface area contributed by atoms with Gasteiger partial charge in [-0.25, -0.2) is 0 Å². The van der Waals surface area contributed by atoms with E-state index in [0.717, 1.165) is 12.4 Å². The molecule has 0 aromatic heterocycles. The number of nitrogens with zero attached hydrogens (tertiary/aromatic N) is 4. The van der Waals surface area contributed by atoms with Crippen LogP contribution < -0.4 is 0 Å². The number of hydrogen-bond donors (Lipinski definition) is 0. The first-order valence-corrected chi connectivity index (χ1v) is 7.48. The van der Waals surface area contributed by atoms with Gasteiger partial charge in [0.2, 0.25) is 11.6 Å². The summed E-state index contributed by atoms with van der Waals surface area (Å²) >= 11 is 0. The number of Topliss-reactive ketones (excluding diaryl/α,β-unsaturated/α-hetero) is 2. The highest BCUT2D eigenvalue weighted by atomic mass is 16.1. The van der Waals surface area contributed by atoms with E-state index < -0.39 is 0 Å². The number of carbonyl (C=O) groups excluding carboxylic acids is 2. The minimum Gasteiger partial charge on any atom is -0.361 e. The summed E-state index contributed by atoms with van der Waals surface area (Å²) < 4.78 is 0. The van der Waals surface area contributed by atoms with Crippen molar-refractivity contribution in [1.29, 1.82) is 0 Å². The van der Waals surface area contributed by atoms with Gasteiger partial charge in [-0.05, 0) is 35.5 Å². The highest BCUT2D eigenvalue weighted by Crippen LogP contribution is 2.67. The molecule has 22 heavy (non-hydrogen) atoms. The lowest BCUT2D eigenvalue weighted by Gasteiger charge is -2.20. The summed E-state index contributed by atoms with van der Waals surface area (Å²) in [5.74, 6) is 0.239. The van der Waals surface area contributed by atoms with Crippen LogP contribution >= 0.6 is 0 Å². The van der Waals surface area contributed by atoms with Crippen molar-refractivity contribution in [1.82, 2.24) is 0 Å². The van der Waals surface area contributed by atoms with Gasteiger partial charge in [-0.2, -0.15) is 9.58 Å². The maximum atomic E-state index is 12.3. The van der Waals surface area contributed by atoms with E-state index in [1.165, 1.54) is 0 Å². The van der Waals surface area contributed by atoms with Gasteiger partial charge in [0, 0.05) is 11.8 Å². The molecule has 4 aliphatic carbocycles. The van der Waals surface area contributed by atoms with Gasteiger partial charge in [0.05, 0.1) is 0 Å². The van der Waals surface area contributed by atoms with Crippen LogP contribution in [0.4, 0.5) is 0 Å². The average molecular weight is 294 g/mol. The van der Waals surface area contributed by atoms with Crippen LogP contribution in [0.5, 0.6) is 0 Å². The third-order valence-corrected chi connectivity index (χ3v) is 6.02. The van der Waals surface area contributed by atoms with Crippen LogP contribution in [0, 0.1) is 47.3 Å². The van der Waals surface area contributed by atoms with Gasteiger partial charge in [0.15, 0.2) is 0 Å². The fraction of sp³-hybridized carbons (Fsp3) is 0.500. The zero-order valence-electron chi connectivity index (χ0n) is 11.7. The van der Waals surface area contributed by atoms with Gasteiger partial charge in [0.1, 0.15) is 0 Å². The maximum absolute atomic E-state index is 12.3. The molecular weight excluding hydrogens is 280 g/mol. The fourth-order valence-corrected chi connectivity index (χ4v) is 5.56.